The molecular formula is C13H19FN2O2. The highest BCUT2D eigenvalue weighted by Crippen LogP contribution is 2.48. The standard InChI is InChI=1S/C13H19FN2O2/c1-18-12-7-11(10(15)6-9(12)14)16-8-13(2-3-13)4-5-17/h6-7,16-17H,2-5,8,15H2,1H3. The predicted octanol–water partition coefficient (Wildman–Crippen LogP) is 1.99. The van der Waals surface area contributed by atoms with Crippen LogP contribution in [0.15, 0.2) is 12.1 Å². The average molecular weight is 254 g/mol. The van der Waals surface area contributed by atoms with Gasteiger partial charge < -0.3 is 20.9 Å². The molecule has 0 radical (unpaired) electrons. The number of aliphatic hydroxyl groups is 1. The second-order valence-corrected chi connectivity index (χ2v) is 4.90. The van der Waals surface area contributed by atoms with Crippen molar-refractivity contribution in [3.8, 4) is 5.75 Å². The van der Waals surface area contributed by atoms with Crippen molar-refractivity contribution in [2.45, 2.75) is 19.3 Å². The van der Waals surface area contributed by atoms with E-state index < -0.39 is 5.82 Å². The quantitative estimate of drug-likeness (QED) is 0.679. The van der Waals surface area contributed by atoms with Crippen molar-refractivity contribution in [1.29, 1.82) is 0 Å². The number of benzene rings is 1. The second kappa shape index (κ2) is 5.02. The molecule has 1 saturated carbocycles. The number of methoxy groups -OCH3 is 1. The van der Waals surface area contributed by atoms with Crippen molar-refractivity contribution in [3.63, 3.8) is 0 Å². The Labute approximate surface area is 106 Å². The number of anilines is 2. The van der Waals surface area contributed by atoms with Crippen LogP contribution in [0.3, 0.4) is 0 Å². The van der Waals surface area contributed by atoms with Crippen molar-refractivity contribution in [2.24, 2.45) is 5.41 Å². The number of rotatable bonds is 6. The van der Waals surface area contributed by atoms with Crippen molar-refractivity contribution in [3.05, 3.63) is 17.9 Å². The summed E-state index contributed by atoms with van der Waals surface area (Å²) in [5.41, 5.74) is 6.99. The van der Waals surface area contributed by atoms with Crippen LogP contribution >= 0.6 is 0 Å². The lowest BCUT2D eigenvalue weighted by atomic mass is 10.0. The van der Waals surface area contributed by atoms with E-state index in [1.807, 2.05) is 0 Å². The fourth-order valence-electron chi connectivity index (χ4n) is 2.09. The summed E-state index contributed by atoms with van der Waals surface area (Å²) in [5, 5.41) is 12.2. The second-order valence-electron chi connectivity index (χ2n) is 4.90. The van der Waals surface area contributed by atoms with E-state index in [0.717, 1.165) is 25.8 Å². The van der Waals surface area contributed by atoms with E-state index in [1.165, 1.54) is 13.2 Å². The number of nitrogens with two attached hydrogens (primary N) is 1. The molecule has 4 nitrogen and oxygen atoms in total. The van der Waals surface area contributed by atoms with Gasteiger partial charge in [-0.1, -0.05) is 0 Å². The van der Waals surface area contributed by atoms with Gasteiger partial charge in [-0.3, -0.25) is 0 Å². The van der Waals surface area contributed by atoms with Crippen LogP contribution in [0.4, 0.5) is 15.8 Å². The molecule has 18 heavy (non-hydrogen) atoms. The zero-order chi connectivity index (χ0) is 13.2. The van der Waals surface area contributed by atoms with E-state index in [9.17, 15) is 4.39 Å². The summed E-state index contributed by atoms with van der Waals surface area (Å²) in [6.45, 7) is 0.941. The highest BCUT2D eigenvalue weighted by Gasteiger charge is 2.41. The smallest absolute Gasteiger partial charge is 0.167 e. The van der Waals surface area contributed by atoms with Crippen LogP contribution in [-0.2, 0) is 0 Å². The molecule has 1 fully saturated rings. The average Bonchev–Trinajstić information content (AvgIpc) is 3.09. The van der Waals surface area contributed by atoms with Gasteiger partial charge in [0.25, 0.3) is 0 Å². The van der Waals surface area contributed by atoms with E-state index in [2.05, 4.69) is 5.32 Å². The minimum atomic E-state index is -0.461. The van der Waals surface area contributed by atoms with E-state index in [-0.39, 0.29) is 17.8 Å². The molecule has 0 aromatic heterocycles. The summed E-state index contributed by atoms with van der Waals surface area (Å²) in [6, 6.07) is 2.83. The van der Waals surface area contributed by atoms with E-state index in [4.69, 9.17) is 15.6 Å². The van der Waals surface area contributed by atoms with Gasteiger partial charge in [-0.25, -0.2) is 4.39 Å². The first-order chi connectivity index (χ1) is 8.60. The Morgan fingerprint density at radius 2 is 2.22 bits per heavy atom. The summed E-state index contributed by atoms with van der Waals surface area (Å²) in [6.07, 6.45) is 3.01. The van der Waals surface area contributed by atoms with Crippen molar-refractivity contribution < 1.29 is 14.2 Å². The van der Waals surface area contributed by atoms with Gasteiger partial charge in [-0.15, -0.1) is 0 Å². The number of nitrogens with one attached hydrogen (secondary N) is 1. The van der Waals surface area contributed by atoms with Crippen molar-refractivity contribution >= 4 is 11.4 Å². The molecule has 1 aromatic rings. The molecule has 0 saturated heterocycles. The Balaban J connectivity index is 2.05. The molecule has 1 aliphatic rings. The van der Waals surface area contributed by atoms with Crippen LogP contribution in [0.2, 0.25) is 0 Å². The maximum absolute atomic E-state index is 13.4. The summed E-state index contributed by atoms with van der Waals surface area (Å²) in [7, 11) is 1.42. The van der Waals surface area contributed by atoms with Gasteiger partial charge in [0.05, 0.1) is 18.5 Å². The highest BCUT2D eigenvalue weighted by atomic mass is 19.1. The lowest BCUT2D eigenvalue weighted by Crippen LogP contribution is -2.17. The first-order valence-electron chi connectivity index (χ1n) is 6.08. The van der Waals surface area contributed by atoms with Crippen molar-refractivity contribution in [2.75, 3.05) is 31.3 Å². The first-order valence-corrected chi connectivity index (χ1v) is 6.08. The fraction of sp³-hybridized carbons (Fsp3) is 0.538. The lowest BCUT2D eigenvalue weighted by molar-refractivity contribution is 0.253. The van der Waals surface area contributed by atoms with Gasteiger partial charge in [0.15, 0.2) is 11.6 Å². The molecule has 0 bridgehead atoms. The van der Waals surface area contributed by atoms with Crippen LogP contribution in [0.5, 0.6) is 5.75 Å². The molecule has 0 atom stereocenters. The van der Waals surface area contributed by atoms with Gasteiger partial charge in [0, 0.05) is 25.3 Å². The molecule has 0 heterocycles. The van der Waals surface area contributed by atoms with Gasteiger partial charge in [-0.2, -0.15) is 0 Å². The Morgan fingerprint density at radius 1 is 1.50 bits per heavy atom. The van der Waals surface area contributed by atoms with Crippen LogP contribution in [0.25, 0.3) is 0 Å². The molecule has 5 heteroatoms. The van der Waals surface area contributed by atoms with Crippen molar-refractivity contribution in [1.82, 2.24) is 0 Å². The third-order valence-electron chi connectivity index (χ3n) is 3.58. The molecule has 0 spiro atoms. The minimum Gasteiger partial charge on any atom is -0.494 e. The van der Waals surface area contributed by atoms with E-state index in [0.29, 0.717) is 11.4 Å². The topological polar surface area (TPSA) is 67.5 Å². The predicted molar refractivity (Wildman–Crippen MR) is 69.2 cm³/mol. The maximum Gasteiger partial charge on any atom is 0.167 e. The Hall–Kier alpha value is -1.49. The van der Waals surface area contributed by atoms with Gasteiger partial charge in [0.2, 0.25) is 0 Å². The molecule has 1 aromatic carbocycles. The van der Waals surface area contributed by atoms with E-state index in [1.54, 1.807) is 6.07 Å². The molecule has 2 rings (SSSR count). The van der Waals surface area contributed by atoms with Gasteiger partial charge in [-0.05, 0) is 24.7 Å². The zero-order valence-electron chi connectivity index (χ0n) is 10.5. The largest absolute Gasteiger partial charge is 0.494 e. The fourth-order valence-corrected chi connectivity index (χ4v) is 2.09. The van der Waals surface area contributed by atoms with Crippen LogP contribution in [0.1, 0.15) is 19.3 Å². The molecule has 0 unspecified atom stereocenters. The molecule has 100 valence electrons. The number of aliphatic hydroxyl groups excluding tert-OH is 1. The summed E-state index contributed by atoms with van der Waals surface area (Å²) in [5.74, 6) is -0.282. The third kappa shape index (κ3) is 2.67. The highest BCUT2D eigenvalue weighted by molar-refractivity contribution is 5.68. The Kier molecular flexibility index (Phi) is 3.61. The SMILES string of the molecule is COc1cc(NCC2(CCO)CC2)c(N)cc1F. The minimum absolute atomic E-state index is 0.179. The van der Waals surface area contributed by atoms with Crippen LogP contribution < -0.4 is 15.8 Å². The Morgan fingerprint density at radius 3 is 2.78 bits per heavy atom. The van der Waals surface area contributed by atoms with Gasteiger partial charge in [0.1, 0.15) is 0 Å². The molecule has 0 aliphatic heterocycles. The third-order valence-corrected chi connectivity index (χ3v) is 3.58. The normalized spacial score (nSPS) is 16.4. The molecule has 4 N–H and O–H groups in total. The van der Waals surface area contributed by atoms with Gasteiger partial charge >= 0.3 is 0 Å². The first kappa shape index (κ1) is 13.0. The zero-order valence-corrected chi connectivity index (χ0v) is 10.5. The lowest BCUT2D eigenvalue weighted by Gasteiger charge is -2.17. The molecular weight excluding hydrogens is 235 g/mol. The molecule has 1 aliphatic carbocycles. The number of nitrogen functional groups attached to an aromatic ring is 1. The summed E-state index contributed by atoms with van der Waals surface area (Å²) in [4.78, 5) is 0. The summed E-state index contributed by atoms with van der Waals surface area (Å²) >= 11 is 0. The summed E-state index contributed by atoms with van der Waals surface area (Å²) < 4.78 is 18.3. The van der Waals surface area contributed by atoms with Crippen LogP contribution in [0, 0.1) is 11.2 Å². The number of hydrogen-bond acceptors (Lipinski definition) is 4. The van der Waals surface area contributed by atoms with Crippen LogP contribution in [-0.4, -0.2) is 25.4 Å². The number of halogens is 1. The Bertz CT molecular complexity index is 433. The number of hydrogen-bond donors (Lipinski definition) is 3. The molecule has 0 amide bonds. The maximum atomic E-state index is 13.4. The monoisotopic (exact) mass is 254 g/mol. The van der Waals surface area contributed by atoms with E-state index >= 15 is 0 Å². The number of ether oxygens (including phenoxy) is 1.